The molecule has 1 rings (SSSR count). The Labute approximate surface area is 115 Å². The van der Waals surface area contributed by atoms with Gasteiger partial charge in [0.25, 0.3) is 10.2 Å². The molecule has 0 radical (unpaired) electrons. The van der Waals surface area contributed by atoms with Crippen LogP contribution in [-0.4, -0.2) is 51.4 Å². The van der Waals surface area contributed by atoms with Crippen LogP contribution in [0.3, 0.4) is 0 Å². The number of hydrogen-bond donors (Lipinski definition) is 1. The third-order valence-electron chi connectivity index (χ3n) is 3.00. The van der Waals surface area contributed by atoms with Crippen LogP contribution >= 0.6 is 0 Å². The first kappa shape index (κ1) is 16.2. The van der Waals surface area contributed by atoms with Gasteiger partial charge in [-0.2, -0.15) is 12.7 Å². The normalized spacial score (nSPS) is 14.2. The Balaban J connectivity index is 2.73. The first-order chi connectivity index (χ1) is 8.92. The fourth-order valence-corrected chi connectivity index (χ4v) is 3.09. The van der Waals surface area contributed by atoms with Gasteiger partial charge in [0.2, 0.25) is 0 Å². The van der Waals surface area contributed by atoms with E-state index < -0.39 is 10.2 Å². The molecule has 0 aromatic carbocycles. The van der Waals surface area contributed by atoms with Crippen LogP contribution in [0.4, 0.5) is 0 Å². The Morgan fingerprint density at radius 2 is 1.95 bits per heavy atom. The minimum Gasteiger partial charge on any atom is -0.468 e. The van der Waals surface area contributed by atoms with Gasteiger partial charge in [-0.25, -0.2) is 4.72 Å². The molecule has 110 valence electrons. The van der Waals surface area contributed by atoms with Gasteiger partial charge in [-0.15, -0.1) is 0 Å². The molecule has 0 saturated heterocycles. The maximum Gasteiger partial charge on any atom is 0.279 e. The van der Waals surface area contributed by atoms with Crippen LogP contribution in [0.1, 0.15) is 25.6 Å². The zero-order valence-electron chi connectivity index (χ0n) is 12.0. The van der Waals surface area contributed by atoms with E-state index in [2.05, 4.69) is 4.72 Å². The summed E-state index contributed by atoms with van der Waals surface area (Å²) in [6, 6.07) is 3.52. The van der Waals surface area contributed by atoms with E-state index >= 15 is 0 Å². The van der Waals surface area contributed by atoms with Crippen molar-refractivity contribution in [3.8, 4) is 0 Å². The summed E-state index contributed by atoms with van der Waals surface area (Å²) < 4.78 is 33.5. The second-order valence-corrected chi connectivity index (χ2v) is 6.19. The molecule has 1 N–H and O–H groups in total. The van der Waals surface area contributed by atoms with Crippen molar-refractivity contribution in [1.29, 1.82) is 0 Å². The maximum absolute atomic E-state index is 12.1. The van der Waals surface area contributed by atoms with Gasteiger partial charge in [-0.05, 0) is 26.2 Å². The zero-order chi connectivity index (χ0) is 14.5. The molecule has 7 heteroatoms. The van der Waals surface area contributed by atoms with Gasteiger partial charge in [-0.3, -0.25) is 4.90 Å². The monoisotopic (exact) mass is 289 g/mol. The molecule has 0 aliphatic heterocycles. The summed E-state index contributed by atoms with van der Waals surface area (Å²) >= 11 is 0. The third-order valence-corrected chi connectivity index (χ3v) is 4.73. The van der Waals surface area contributed by atoms with Crippen LogP contribution in [0.2, 0.25) is 0 Å². The van der Waals surface area contributed by atoms with Crippen molar-refractivity contribution in [3.05, 3.63) is 24.2 Å². The van der Waals surface area contributed by atoms with E-state index in [1.54, 1.807) is 12.3 Å². The van der Waals surface area contributed by atoms with Gasteiger partial charge in [-0.1, -0.05) is 13.8 Å². The third kappa shape index (κ3) is 4.31. The number of likely N-dealkylation sites (N-methyl/N-ethyl adjacent to an activating group) is 1. The van der Waals surface area contributed by atoms with Gasteiger partial charge in [0, 0.05) is 19.6 Å². The van der Waals surface area contributed by atoms with Gasteiger partial charge < -0.3 is 4.42 Å². The molecular weight excluding hydrogens is 266 g/mol. The highest BCUT2D eigenvalue weighted by Gasteiger charge is 2.23. The van der Waals surface area contributed by atoms with Gasteiger partial charge in [0.15, 0.2) is 0 Å². The molecule has 1 heterocycles. The smallest absolute Gasteiger partial charge is 0.279 e. The molecule has 0 bridgehead atoms. The fraction of sp³-hybridized carbons (Fsp3) is 0.667. The SMILES string of the molecule is CCN(CC)S(=O)(=O)NC[C@@H](c1ccco1)N(C)C. The fourth-order valence-electron chi connectivity index (χ4n) is 1.86. The highest BCUT2D eigenvalue weighted by molar-refractivity contribution is 7.87. The Kier molecular flexibility index (Phi) is 5.99. The number of nitrogens with one attached hydrogen (secondary N) is 1. The zero-order valence-corrected chi connectivity index (χ0v) is 12.8. The van der Waals surface area contributed by atoms with Crippen molar-refractivity contribution in [2.45, 2.75) is 19.9 Å². The van der Waals surface area contributed by atoms with Crippen LogP contribution in [0, 0.1) is 0 Å². The van der Waals surface area contributed by atoms with E-state index in [1.165, 1.54) is 4.31 Å². The second-order valence-electron chi connectivity index (χ2n) is 4.43. The number of rotatable bonds is 8. The Hall–Kier alpha value is -0.890. The van der Waals surface area contributed by atoms with Crippen molar-refractivity contribution in [2.75, 3.05) is 33.7 Å². The van der Waals surface area contributed by atoms with E-state index in [0.29, 0.717) is 13.1 Å². The van der Waals surface area contributed by atoms with E-state index in [4.69, 9.17) is 4.42 Å². The van der Waals surface area contributed by atoms with Crippen LogP contribution in [0.5, 0.6) is 0 Å². The molecule has 19 heavy (non-hydrogen) atoms. The number of nitrogens with zero attached hydrogens (tertiary/aromatic N) is 2. The van der Waals surface area contributed by atoms with Crippen molar-refractivity contribution in [3.63, 3.8) is 0 Å². The quantitative estimate of drug-likeness (QED) is 0.777. The number of hydrogen-bond acceptors (Lipinski definition) is 4. The Morgan fingerprint density at radius 3 is 2.37 bits per heavy atom. The highest BCUT2D eigenvalue weighted by Crippen LogP contribution is 2.18. The largest absolute Gasteiger partial charge is 0.468 e. The van der Waals surface area contributed by atoms with E-state index in [0.717, 1.165) is 5.76 Å². The average Bonchev–Trinajstić information content (AvgIpc) is 2.83. The lowest BCUT2D eigenvalue weighted by Gasteiger charge is -2.25. The summed E-state index contributed by atoms with van der Waals surface area (Å²) in [5.41, 5.74) is 0. The van der Waals surface area contributed by atoms with Gasteiger partial charge in [0.1, 0.15) is 5.76 Å². The lowest BCUT2D eigenvalue weighted by Crippen LogP contribution is -2.43. The summed E-state index contributed by atoms with van der Waals surface area (Å²) in [6.45, 7) is 4.83. The molecule has 0 unspecified atom stereocenters. The predicted octanol–water partition coefficient (Wildman–Crippen LogP) is 1.06. The van der Waals surface area contributed by atoms with Crippen molar-refractivity contribution >= 4 is 10.2 Å². The number of furan rings is 1. The first-order valence-electron chi connectivity index (χ1n) is 6.36. The van der Waals surface area contributed by atoms with Crippen molar-refractivity contribution in [1.82, 2.24) is 13.9 Å². The van der Waals surface area contributed by atoms with Crippen molar-refractivity contribution in [2.24, 2.45) is 0 Å². The topological polar surface area (TPSA) is 65.8 Å². The molecule has 0 aliphatic carbocycles. The minimum absolute atomic E-state index is 0.125. The second kappa shape index (κ2) is 7.04. The molecule has 1 aromatic heterocycles. The Morgan fingerprint density at radius 1 is 1.32 bits per heavy atom. The highest BCUT2D eigenvalue weighted by atomic mass is 32.2. The minimum atomic E-state index is -3.43. The summed E-state index contributed by atoms with van der Waals surface area (Å²) in [5, 5.41) is 0. The average molecular weight is 289 g/mol. The van der Waals surface area contributed by atoms with Crippen LogP contribution < -0.4 is 4.72 Å². The first-order valence-corrected chi connectivity index (χ1v) is 7.81. The molecule has 0 amide bonds. The molecule has 0 spiro atoms. The van der Waals surface area contributed by atoms with E-state index in [-0.39, 0.29) is 12.6 Å². The van der Waals surface area contributed by atoms with E-state index in [1.807, 2.05) is 38.9 Å². The van der Waals surface area contributed by atoms with Gasteiger partial charge >= 0.3 is 0 Å². The predicted molar refractivity (Wildman–Crippen MR) is 75.0 cm³/mol. The summed E-state index contributed by atoms with van der Waals surface area (Å²) in [5.74, 6) is 0.743. The lowest BCUT2D eigenvalue weighted by atomic mass is 10.2. The molecule has 6 nitrogen and oxygen atoms in total. The standard InChI is InChI=1S/C12H23N3O3S/c1-5-15(6-2)19(16,17)13-10-11(14(3)4)12-8-7-9-18-12/h7-9,11,13H,5-6,10H2,1-4H3/t11-/m0/s1. The summed E-state index contributed by atoms with van der Waals surface area (Å²) in [4.78, 5) is 1.92. The van der Waals surface area contributed by atoms with Crippen LogP contribution in [0.25, 0.3) is 0 Å². The Bertz CT molecular complexity index is 453. The maximum atomic E-state index is 12.1. The van der Waals surface area contributed by atoms with Crippen LogP contribution in [-0.2, 0) is 10.2 Å². The molecule has 1 aromatic rings. The summed E-state index contributed by atoms with van der Waals surface area (Å²) in [7, 11) is 0.348. The molecule has 0 saturated carbocycles. The molecule has 1 atom stereocenters. The van der Waals surface area contributed by atoms with Gasteiger partial charge in [0.05, 0.1) is 12.3 Å². The molecule has 0 aliphatic rings. The lowest BCUT2D eigenvalue weighted by molar-refractivity contribution is 0.258. The van der Waals surface area contributed by atoms with E-state index in [9.17, 15) is 8.42 Å². The molecule has 0 fully saturated rings. The summed E-state index contributed by atoms with van der Waals surface area (Å²) in [6.07, 6.45) is 1.59. The molecular formula is C12H23N3O3S. The van der Waals surface area contributed by atoms with Crippen molar-refractivity contribution < 1.29 is 12.8 Å². The van der Waals surface area contributed by atoms with Crippen LogP contribution in [0.15, 0.2) is 22.8 Å².